The first-order valence-corrected chi connectivity index (χ1v) is 6.22. The smallest absolute Gasteiger partial charge is 0.216 e. The summed E-state index contributed by atoms with van der Waals surface area (Å²) in [5.74, 6) is 1.41. The molecule has 0 amide bonds. The van der Waals surface area contributed by atoms with Gasteiger partial charge < -0.3 is 0 Å². The van der Waals surface area contributed by atoms with E-state index in [0.717, 1.165) is 22.3 Å². The molecule has 16 heavy (non-hydrogen) atoms. The summed E-state index contributed by atoms with van der Waals surface area (Å²) in [5, 5.41) is 5.07. The van der Waals surface area contributed by atoms with Crippen LogP contribution in [0.5, 0.6) is 0 Å². The van der Waals surface area contributed by atoms with Gasteiger partial charge in [-0.25, -0.2) is 9.50 Å². The van der Waals surface area contributed by atoms with Crippen LogP contribution in [0.15, 0.2) is 22.8 Å². The molecule has 0 fully saturated rings. The van der Waals surface area contributed by atoms with E-state index in [2.05, 4.69) is 15.1 Å². The molecule has 0 radical (unpaired) electrons. The van der Waals surface area contributed by atoms with Crippen LogP contribution in [0.3, 0.4) is 0 Å². The van der Waals surface area contributed by atoms with Gasteiger partial charge in [0.15, 0.2) is 0 Å². The maximum Gasteiger partial charge on any atom is 0.253 e. The van der Waals surface area contributed by atoms with Crippen molar-refractivity contribution < 1.29 is 0 Å². The third-order valence-electron chi connectivity index (χ3n) is 2.00. The van der Waals surface area contributed by atoms with Crippen LogP contribution in [0, 0.1) is 13.8 Å². The first-order valence-electron chi connectivity index (χ1n) is 4.80. The number of aromatic nitrogens is 4. The van der Waals surface area contributed by atoms with E-state index in [9.17, 15) is 0 Å². The second-order valence-corrected chi connectivity index (χ2v) is 4.56. The van der Waals surface area contributed by atoms with E-state index in [1.165, 1.54) is 17.3 Å². The van der Waals surface area contributed by atoms with Crippen molar-refractivity contribution in [2.24, 2.45) is 0 Å². The van der Waals surface area contributed by atoms with Gasteiger partial charge in [-0.05, 0) is 19.9 Å². The summed E-state index contributed by atoms with van der Waals surface area (Å²) in [7, 11) is 0. The van der Waals surface area contributed by atoms with Crippen molar-refractivity contribution in [3.05, 3.63) is 29.1 Å². The largest absolute Gasteiger partial charge is 0.253 e. The van der Waals surface area contributed by atoms with Gasteiger partial charge >= 0.3 is 0 Å². The Bertz CT molecular complexity index is 535. The van der Waals surface area contributed by atoms with Gasteiger partial charge in [0.1, 0.15) is 0 Å². The van der Waals surface area contributed by atoms with Crippen LogP contribution in [0.1, 0.15) is 11.4 Å². The minimum absolute atomic E-state index is 0.648. The zero-order valence-corrected chi connectivity index (χ0v) is 10.6. The Morgan fingerprint density at radius 1 is 1.44 bits per heavy atom. The number of hydrogen-bond acceptors (Lipinski definition) is 4. The van der Waals surface area contributed by atoms with Gasteiger partial charge in [-0.15, -0.1) is 5.10 Å². The van der Waals surface area contributed by atoms with Crippen molar-refractivity contribution in [2.75, 3.05) is 5.75 Å². The lowest BCUT2D eigenvalue weighted by Crippen LogP contribution is -1.97. The third kappa shape index (κ3) is 2.36. The van der Waals surface area contributed by atoms with Gasteiger partial charge in [0.2, 0.25) is 5.16 Å². The van der Waals surface area contributed by atoms with Crippen molar-refractivity contribution in [1.29, 1.82) is 0 Å². The molecule has 84 valence electrons. The fourth-order valence-corrected chi connectivity index (χ4v) is 2.19. The van der Waals surface area contributed by atoms with Crippen molar-refractivity contribution in [3.8, 4) is 0 Å². The highest BCUT2D eigenvalue weighted by atomic mass is 35.5. The number of thioether (sulfide) groups is 1. The van der Waals surface area contributed by atoms with Gasteiger partial charge in [-0.1, -0.05) is 29.4 Å². The van der Waals surface area contributed by atoms with E-state index in [-0.39, 0.29) is 0 Å². The molecule has 2 rings (SSSR count). The molecule has 0 bridgehead atoms. The lowest BCUT2D eigenvalue weighted by Gasteiger charge is -1.97. The number of halogens is 1. The lowest BCUT2D eigenvalue weighted by molar-refractivity contribution is 0.843. The standard InChI is InChI=1S/C10H11ClN4S/c1-7-6-8(2)15-9(12-7)13-10(14-15)16-5-3-4-11/h3-4,6H,5H2,1-2H3. The molecule has 2 aromatic rings. The molecule has 0 N–H and O–H groups in total. The molecule has 0 aliphatic heterocycles. The average molecular weight is 255 g/mol. The number of fused-ring (bicyclic) bond motifs is 1. The Morgan fingerprint density at radius 3 is 3.00 bits per heavy atom. The summed E-state index contributed by atoms with van der Waals surface area (Å²) in [6.07, 6.45) is 1.85. The van der Waals surface area contributed by atoms with Gasteiger partial charge in [0, 0.05) is 22.7 Å². The van der Waals surface area contributed by atoms with E-state index < -0.39 is 0 Å². The highest BCUT2D eigenvalue weighted by Gasteiger charge is 2.06. The molecule has 0 atom stereocenters. The summed E-state index contributed by atoms with van der Waals surface area (Å²) < 4.78 is 1.75. The van der Waals surface area contributed by atoms with E-state index in [4.69, 9.17) is 11.6 Å². The second-order valence-electron chi connectivity index (χ2n) is 3.32. The molecule has 4 nitrogen and oxygen atoms in total. The first kappa shape index (κ1) is 11.4. The van der Waals surface area contributed by atoms with E-state index in [1.54, 1.807) is 4.52 Å². The maximum absolute atomic E-state index is 5.44. The zero-order valence-electron chi connectivity index (χ0n) is 9.01. The Labute approximate surface area is 103 Å². The minimum atomic E-state index is 0.648. The topological polar surface area (TPSA) is 43.1 Å². The fourth-order valence-electron chi connectivity index (χ4n) is 1.37. The lowest BCUT2D eigenvalue weighted by atomic mass is 10.4. The summed E-state index contributed by atoms with van der Waals surface area (Å²) in [6, 6.07) is 1.98. The monoisotopic (exact) mass is 254 g/mol. The normalized spacial score (nSPS) is 11.7. The molecule has 0 spiro atoms. The fraction of sp³-hybridized carbons (Fsp3) is 0.300. The number of rotatable bonds is 3. The predicted molar refractivity (Wildman–Crippen MR) is 66.0 cm³/mol. The molecule has 0 aliphatic rings. The Hall–Kier alpha value is -1.07. The van der Waals surface area contributed by atoms with Crippen molar-refractivity contribution >= 4 is 29.1 Å². The van der Waals surface area contributed by atoms with Gasteiger partial charge in [0.25, 0.3) is 5.78 Å². The quantitative estimate of drug-likeness (QED) is 0.790. The van der Waals surface area contributed by atoms with Crippen LogP contribution in [-0.2, 0) is 0 Å². The molecule has 6 heteroatoms. The van der Waals surface area contributed by atoms with Crippen LogP contribution in [0.2, 0.25) is 0 Å². The van der Waals surface area contributed by atoms with Crippen LogP contribution < -0.4 is 0 Å². The summed E-state index contributed by atoms with van der Waals surface area (Å²) >= 11 is 6.97. The summed E-state index contributed by atoms with van der Waals surface area (Å²) in [6.45, 7) is 3.94. The number of aryl methyl sites for hydroxylation is 2. The maximum atomic E-state index is 5.44. The molecular weight excluding hydrogens is 244 g/mol. The number of hydrogen-bond donors (Lipinski definition) is 0. The molecule has 2 aromatic heterocycles. The van der Waals surface area contributed by atoms with Gasteiger partial charge in [0.05, 0.1) is 0 Å². The van der Waals surface area contributed by atoms with Crippen LogP contribution in [0.4, 0.5) is 0 Å². The van der Waals surface area contributed by atoms with Crippen molar-refractivity contribution in [2.45, 2.75) is 19.0 Å². The summed E-state index contributed by atoms with van der Waals surface area (Å²) in [4.78, 5) is 8.65. The Balaban J connectivity index is 2.32. The molecule has 0 unspecified atom stereocenters. The van der Waals surface area contributed by atoms with Gasteiger partial charge in [-0.2, -0.15) is 4.98 Å². The zero-order chi connectivity index (χ0) is 11.5. The first-order chi connectivity index (χ1) is 7.70. The van der Waals surface area contributed by atoms with E-state index in [1.807, 2.05) is 26.0 Å². The molecule has 0 aliphatic carbocycles. The van der Waals surface area contributed by atoms with E-state index in [0.29, 0.717) is 5.78 Å². The molecule has 2 heterocycles. The highest BCUT2D eigenvalue weighted by molar-refractivity contribution is 7.99. The van der Waals surface area contributed by atoms with Crippen LogP contribution in [0.25, 0.3) is 5.78 Å². The number of nitrogens with zero attached hydrogens (tertiary/aromatic N) is 4. The molecule has 0 aromatic carbocycles. The van der Waals surface area contributed by atoms with E-state index >= 15 is 0 Å². The van der Waals surface area contributed by atoms with Crippen molar-refractivity contribution in [1.82, 2.24) is 19.6 Å². The third-order valence-corrected chi connectivity index (χ3v) is 2.97. The minimum Gasteiger partial charge on any atom is -0.216 e. The highest BCUT2D eigenvalue weighted by Crippen LogP contribution is 2.15. The van der Waals surface area contributed by atoms with Crippen LogP contribution in [-0.4, -0.2) is 25.3 Å². The SMILES string of the molecule is Cc1cc(C)n2nc(SCC=CCl)nc2n1. The molecular formula is C10H11ClN4S. The predicted octanol–water partition coefficient (Wildman–Crippen LogP) is 2.59. The Morgan fingerprint density at radius 2 is 2.25 bits per heavy atom. The van der Waals surface area contributed by atoms with Gasteiger partial charge in [-0.3, -0.25) is 0 Å². The Kier molecular flexibility index (Phi) is 3.46. The van der Waals surface area contributed by atoms with Crippen molar-refractivity contribution in [3.63, 3.8) is 0 Å². The summed E-state index contributed by atoms with van der Waals surface area (Å²) in [5.41, 5.74) is 3.49. The average Bonchev–Trinajstić information content (AvgIpc) is 2.61. The molecule has 0 saturated heterocycles. The molecule has 0 saturated carbocycles. The second kappa shape index (κ2) is 4.84. The van der Waals surface area contributed by atoms with Crippen LogP contribution >= 0.6 is 23.4 Å².